The molecule has 1 aliphatic heterocycles. The van der Waals surface area contributed by atoms with Crippen LogP contribution in [0, 0.1) is 5.41 Å². The standard InChI is InChI=1S/C15H20N2O3/c1-2-7-15(14(19)20)8-9-17(10-15)13(18)11-5-3-4-6-12(11)16/h3-6H,2,7-10,16H2,1H3,(H,19,20). The second-order valence-corrected chi connectivity index (χ2v) is 5.40. The third-order valence-electron chi connectivity index (χ3n) is 4.01. The number of hydrogen-bond donors (Lipinski definition) is 2. The van der Waals surface area contributed by atoms with Crippen LogP contribution in [0.15, 0.2) is 24.3 Å². The molecule has 1 amide bonds. The predicted octanol–water partition coefficient (Wildman–Crippen LogP) is 1.99. The topological polar surface area (TPSA) is 83.6 Å². The number of carbonyl (C=O) groups is 2. The molecule has 1 aromatic carbocycles. The Morgan fingerprint density at radius 3 is 2.70 bits per heavy atom. The number of nitrogens with two attached hydrogens (primary N) is 1. The van der Waals surface area contributed by atoms with Gasteiger partial charge in [0.1, 0.15) is 0 Å². The maximum atomic E-state index is 12.4. The first kappa shape index (κ1) is 14.4. The van der Waals surface area contributed by atoms with Gasteiger partial charge in [0.2, 0.25) is 0 Å². The fraction of sp³-hybridized carbons (Fsp3) is 0.467. The van der Waals surface area contributed by atoms with Crippen LogP contribution < -0.4 is 5.73 Å². The molecule has 1 aromatic rings. The summed E-state index contributed by atoms with van der Waals surface area (Å²) in [6.07, 6.45) is 1.90. The number of amides is 1. The minimum absolute atomic E-state index is 0.178. The quantitative estimate of drug-likeness (QED) is 0.824. The molecule has 0 saturated carbocycles. The Hall–Kier alpha value is -2.04. The molecule has 0 spiro atoms. The van der Waals surface area contributed by atoms with Gasteiger partial charge in [-0.05, 0) is 25.0 Å². The largest absolute Gasteiger partial charge is 0.481 e. The molecule has 2 rings (SSSR count). The average molecular weight is 276 g/mol. The smallest absolute Gasteiger partial charge is 0.311 e. The van der Waals surface area contributed by atoms with Gasteiger partial charge in [-0.25, -0.2) is 0 Å². The van der Waals surface area contributed by atoms with Gasteiger partial charge in [-0.15, -0.1) is 0 Å². The van der Waals surface area contributed by atoms with Gasteiger partial charge >= 0.3 is 5.97 Å². The number of rotatable bonds is 4. The molecule has 1 atom stereocenters. The summed E-state index contributed by atoms with van der Waals surface area (Å²) in [5.41, 5.74) is 5.89. The van der Waals surface area contributed by atoms with Crippen LogP contribution in [0.3, 0.4) is 0 Å². The monoisotopic (exact) mass is 276 g/mol. The van der Waals surface area contributed by atoms with Crippen molar-refractivity contribution in [3.05, 3.63) is 29.8 Å². The van der Waals surface area contributed by atoms with E-state index in [2.05, 4.69) is 0 Å². The summed E-state index contributed by atoms with van der Waals surface area (Å²) >= 11 is 0. The molecule has 0 aromatic heterocycles. The highest BCUT2D eigenvalue weighted by molar-refractivity contribution is 5.99. The molecule has 5 nitrogen and oxygen atoms in total. The molecule has 1 aliphatic rings. The van der Waals surface area contributed by atoms with E-state index in [0.717, 1.165) is 6.42 Å². The summed E-state index contributed by atoms with van der Waals surface area (Å²) < 4.78 is 0. The molecule has 0 aliphatic carbocycles. The lowest BCUT2D eigenvalue weighted by Crippen LogP contribution is -2.37. The molecule has 5 heteroatoms. The van der Waals surface area contributed by atoms with Crippen LogP contribution in [0.2, 0.25) is 0 Å². The molecule has 1 saturated heterocycles. The van der Waals surface area contributed by atoms with Crippen LogP contribution in [0.4, 0.5) is 5.69 Å². The highest BCUT2D eigenvalue weighted by atomic mass is 16.4. The van der Waals surface area contributed by atoms with Crippen molar-refractivity contribution in [3.8, 4) is 0 Å². The van der Waals surface area contributed by atoms with E-state index in [4.69, 9.17) is 5.73 Å². The Morgan fingerprint density at radius 1 is 1.40 bits per heavy atom. The van der Waals surface area contributed by atoms with E-state index in [-0.39, 0.29) is 12.5 Å². The zero-order valence-corrected chi connectivity index (χ0v) is 11.6. The van der Waals surface area contributed by atoms with Crippen LogP contribution in [0.1, 0.15) is 36.5 Å². The summed E-state index contributed by atoms with van der Waals surface area (Å²) in [7, 11) is 0. The van der Waals surface area contributed by atoms with E-state index >= 15 is 0 Å². The molecule has 20 heavy (non-hydrogen) atoms. The van der Waals surface area contributed by atoms with Crippen LogP contribution >= 0.6 is 0 Å². The fourth-order valence-corrected chi connectivity index (χ4v) is 2.87. The lowest BCUT2D eigenvalue weighted by atomic mass is 9.83. The number of carboxylic acids is 1. The fourth-order valence-electron chi connectivity index (χ4n) is 2.87. The molecular weight excluding hydrogens is 256 g/mol. The van der Waals surface area contributed by atoms with E-state index in [0.29, 0.717) is 30.6 Å². The maximum Gasteiger partial charge on any atom is 0.311 e. The minimum Gasteiger partial charge on any atom is -0.481 e. The lowest BCUT2D eigenvalue weighted by Gasteiger charge is -2.24. The van der Waals surface area contributed by atoms with Crippen LogP contribution in [0.5, 0.6) is 0 Å². The molecule has 0 radical (unpaired) electrons. The van der Waals surface area contributed by atoms with Crippen LogP contribution in [-0.4, -0.2) is 35.0 Å². The van der Waals surface area contributed by atoms with Crippen molar-refractivity contribution in [2.45, 2.75) is 26.2 Å². The Kier molecular flexibility index (Phi) is 3.97. The SMILES string of the molecule is CCCC1(C(=O)O)CCN(C(=O)c2ccccc2N)C1. The summed E-state index contributed by atoms with van der Waals surface area (Å²) in [5, 5.41) is 9.46. The second kappa shape index (κ2) is 5.53. The first-order valence-corrected chi connectivity index (χ1v) is 6.87. The molecule has 0 bridgehead atoms. The number of nitrogen functional groups attached to an aromatic ring is 1. The van der Waals surface area contributed by atoms with Crippen molar-refractivity contribution in [1.29, 1.82) is 0 Å². The third-order valence-corrected chi connectivity index (χ3v) is 4.01. The minimum atomic E-state index is -0.810. The molecule has 1 heterocycles. The number of anilines is 1. The van der Waals surface area contributed by atoms with Crippen molar-refractivity contribution < 1.29 is 14.7 Å². The van der Waals surface area contributed by atoms with E-state index < -0.39 is 11.4 Å². The number of benzene rings is 1. The van der Waals surface area contributed by atoms with Gasteiger partial charge < -0.3 is 15.7 Å². The zero-order chi connectivity index (χ0) is 14.8. The van der Waals surface area contributed by atoms with Gasteiger partial charge in [0, 0.05) is 18.8 Å². The third kappa shape index (κ3) is 2.48. The summed E-state index contributed by atoms with van der Waals surface area (Å²) in [5.74, 6) is -0.988. The molecule has 108 valence electrons. The van der Waals surface area contributed by atoms with Gasteiger partial charge in [0.05, 0.1) is 11.0 Å². The normalized spacial score (nSPS) is 21.9. The Balaban J connectivity index is 2.19. The van der Waals surface area contributed by atoms with Crippen molar-refractivity contribution in [1.82, 2.24) is 4.90 Å². The predicted molar refractivity (Wildman–Crippen MR) is 76.4 cm³/mol. The number of para-hydroxylation sites is 1. The molecular formula is C15H20N2O3. The van der Waals surface area contributed by atoms with E-state index in [9.17, 15) is 14.7 Å². The summed E-state index contributed by atoms with van der Waals surface area (Å²) in [6.45, 7) is 2.70. The Morgan fingerprint density at radius 2 is 2.10 bits per heavy atom. The Bertz CT molecular complexity index is 530. The van der Waals surface area contributed by atoms with Gasteiger partial charge in [-0.3, -0.25) is 9.59 Å². The molecule has 1 unspecified atom stereocenters. The highest BCUT2D eigenvalue weighted by Gasteiger charge is 2.45. The van der Waals surface area contributed by atoms with Crippen molar-refractivity contribution in [3.63, 3.8) is 0 Å². The maximum absolute atomic E-state index is 12.4. The average Bonchev–Trinajstić information content (AvgIpc) is 2.85. The molecule has 1 fully saturated rings. The zero-order valence-electron chi connectivity index (χ0n) is 11.6. The number of hydrogen-bond acceptors (Lipinski definition) is 3. The highest BCUT2D eigenvalue weighted by Crippen LogP contribution is 2.36. The number of aliphatic carboxylic acids is 1. The summed E-state index contributed by atoms with van der Waals surface area (Å²) in [4.78, 5) is 25.6. The molecule has 3 N–H and O–H groups in total. The second-order valence-electron chi connectivity index (χ2n) is 5.40. The van der Waals surface area contributed by atoms with Crippen LogP contribution in [-0.2, 0) is 4.79 Å². The van der Waals surface area contributed by atoms with Gasteiger partial charge in [0.25, 0.3) is 5.91 Å². The lowest BCUT2D eigenvalue weighted by molar-refractivity contribution is -0.148. The van der Waals surface area contributed by atoms with E-state index in [1.807, 2.05) is 6.92 Å². The van der Waals surface area contributed by atoms with Crippen molar-refractivity contribution >= 4 is 17.6 Å². The summed E-state index contributed by atoms with van der Waals surface area (Å²) in [6, 6.07) is 6.89. The van der Waals surface area contributed by atoms with Crippen LogP contribution in [0.25, 0.3) is 0 Å². The van der Waals surface area contributed by atoms with Crippen molar-refractivity contribution in [2.75, 3.05) is 18.8 Å². The van der Waals surface area contributed by atoms with Crippen molar-refractivity contribution in [2.24, 2.45) is 5.41 Å². The first-order valence-electron chi connectivity index (χ1n) is 6.87. The number of likely N-dealkylation sites (tertiary alicyclic amines) is 1. The number of carboxylic acid groups (broad SMARTS) is 1. The first-order chi connectivity index (χ1) is 9.50. The number of carbonyl (C=O) groups excluding carboxylic acids is 1. The van der Waals surface area contributed by atoms with Gasteiger partial charge in [0.15, 0.2) is 0 Å². The Labute approximate surface area is 118 Å². The van der Waals surface area contributed by atoms with Gasteiger partial charge in [-0.2, -0.15) is 0 Å². The number of nitrogens with zero attached hydrogens (tertiary/aromatic N) is 1. The van der Waals surface area contributed by atoms with E-state index in [1.165, 1.54) is 0 Å². The van der Waals surface area contributed by atoms with Gasteiger partial charge in [-0.1, -0.05) is 25.5 Å². The van der Waals surface area contributed by atoms with E-state index in [1.54, 1.807) is 29.2 Å².